The van der Waals surface area contributed by atoms with Crippen molar-refractivity contribution in [2.24, 2.45) is 0 Å². The summed E-state index contributed by atoms with van der Waals surface area (Å²) in [5.41, 5.74) is 1.12. The van der Waals surface area contributed by atoms with Gasteiger partial charge in [0.1, 0.15) is 0 Å². The zero-order valence-electron chi connectivity index (χ0n) is 6.50. The van der Waals surface area contributed by atoms with Crippen LogP contribution in [0.2, 0.25) is 0 Å². The number of nitrogens with one attached hydrogen (secondary N) is 1. The highest BCUT2D eigenvalue weighted by Gasteiger charge is 1.99. The van der Waals surface area contributed by atoms with Gasteiger partial charge in [0.2, 0.25) is 0 Å². The highest BCUT2D eigenvalue weighted by atomic mass is 32.1. The molecule has 0 spiro atoms. The molecule has 11 heavy (non-hydrogen) atoms. The van der Waals surface area contributed by atoms with Gasteiger partial charge < -0.3 is 5.32 Å². The Bertz CT molecular complexity index is 233. The second kappa shape index (κ2) is 4.05. The quantitative estimate of drug-likeness (QED) is 0.679. The lowest BCUT2D eigenvalue weighted by molar-refractivity contribution is 0.859. The third-order valence-corrected chi connectivity index (χ3v) is 2.15. The normalized spacial score (nSPS) is 12.0. The maximum absolute atomic E-state index is 5.29. The molecule has 1 nitrogen and oxygen atoms in total. The highest BCUT2D eigenvalue weighted by molar-refractivity contribution is 7.08. The van der Waals surface area contributed by atoms with Gasteiger partial charge >= 0.3 is 0 Å². The van der Waals surface area contributed by atoms with Crippen molar-refractivity contribution in [3.8, 4) is 12.3 Å². The average Bonchev–Trinajstić information content (AvgIpc) is 2.52. The van der Waals surface area contributed by atoms with E-state index in [0.29, 0.717) is 0 Å². The van der Waals surface area contributed by atoms with Gasteiger partial charge in [0, 0.05) is 11.1 Å². The van der Waals surface area contributed by atoms with E-state index in [2.05, 4.69) is 23.5 Å². The zero-order valence-corrected chi connectivity index (χ0v) is 7.32. The van der Waals surface area contributed by atoms with E-state index in [1.54, 1.807) is 11.3 Å². The molecule has 2 heteroatoms. The van der Waals surface area contributed by atoms with Crippen molar-refractivity contribution in [1.82, 2.24) is 0 Å². The molecule has 1 N–H and O–H groups in total. The van der Waals surface area contributed by atoms with E-state index in [4.69, 9.17) is 6.42 Å². The molecule has 1 rings (SSSR count). The maximum atomic E-state index is 5.29. The second-order valence-electron chi connectivity index (χ2n) is 2.28. The third kappa shape index (κ3) is 2.28. The number of anilines is 1. The topological polar surface area (TPSA) is 12.0 Å². The van der Waals surface area contributed by atoms with Crippen molar-refractivity contribution in [2.45, 2.75) is 19.4 Å². The lowest BCUT2D eigenvalue weighted by Gasteiger charge is -2.09. The van der Waals surface area contributed by atoms with E-state index in [1.165, 1.54) is 0 Å². The SMILES string of the molecule is C#CC(CC)Nc1ccsc1. The minimum absolute atomic E-state index is 0.171. The van der Waals surface area contributed by atoms with Crippen LogP contribution in [0.1, 0.15) is 13.3 Å². The van der Waals surface area contributed by atoms with E-state index in [0.717, 1.165) is 12.1 Å². The molecule has 0 aliphatic carbocycles. The lowest BCUT2D eigenvalue weighted by atomic mass is 10.2. The van der Waals surface area contributed by atoms with Gasteiger partial charge in [-0.2, -0.15) is 11.3 Å². The van der Waals surface area contributed by atoms with Crippen LogP contribution in [0, 0.1) is 12.3 Å². The molecule has 0 aliphatic heterocycles. The van der Waals surface area contributed by atoms with Crippen LogP contribution < -0.4 is 5.32 Å². The van der Waals surface area contributed by atoms with E-state index >= 15 is 0 Å². The number of rotatable bonds is 3. The average molecular weight is 165 g/mol. The molecule has 0 fully saturated rings. The molecule has 0 bridgehead atoms. The molecule has 1 atom stereocenters. The van der Waals surface area contributed by atoms with Crippen LogP contribution in [0.5, 0.6) is 0 Å². The summed E-state index contributed by atoms with van der Waals surface area (Å²) in [6.45, 7) is 2.07. The first kappa shape index (κ1) is 8.16. The summed E-state index contributed by atoms with van der Waals surface area (Å²) in [7, 11) is 0. The molecular formula is C9H11NS. The van der Waals surface area contributed by atoms with Crippen LogP contribution >= 0.6 is 11.3 Å². The molecule has 1 aromatic rings. The summed E-state index contributed by atoms with van der Waals surface area (Å²) >= 11 is 1.67. The van der Waals surface area contributed by atoms with Gasteiger partial charge in [0.05, 0.1) is 6.04 Å². The van der Waals surface area contributed by atoms with Gasteiger partial charge in [0.15, 0.2) is 0 Å². The van der Waals surface area contributed by atoms with Crippen LogP contribution in [0.25, 0.3) is 0 Å². The van der Waals surface area contributed by atoms with E-state index < -0.39 is 0 Å². The van der Waals surface area contributed by atoms with Crippen LogP contribution in [-0.4, -0.2) is 6.04 Å². The molecule has 0 aromatic carbocycles. The molecule has 0 aliphatic rings. The Balaban J connectivity index is 2.49. The van der Waals surface area contributed by atoms with Crippen molar-refractivity contribution in [3.05, 3.63) is 16.8 Å². The first-order chi connectivity index (χ1) is 5.36. The first-order valence-corrected chi connectivity index (χ1v) is 4.56. The monoisotopic (exact) mass is 165 g/mol. The number of terminal acetylenes is 1. The Morgan fingerprint density at radius 3 is 3.09 bits per heavy atom. The Morgan fingerprint density at radius 2 is 2.64 bits per heavy atom. The van der Waals surface area contributed by atoms with Crippen LogP contribution in [0.4, 0.5) is 5.69 Å². The summed E-state index contributed by atoms with van der Waals surface area (Å²) in [4.78, 5) is 0. The largest absolute Gasteiger partial charge is 0.371 e. The predicted molar refractivity (Wildman–Crippen MR) is 50.9 cm³/mol. The minimum atomic E-state index is 0.171. The van der Waals surface area contributed by atoms with Gasteiger partial charge in [-0.3, -0.25) is 0 Å². The van der Waals surface area contributed by atoms with Crippen LogP contribution in [0.15, 0.2) is 16.8 Å². The molecule has 58 valence electrons. The van der Waals surface area contributed by atoms with Crippen LogP contribution in [-0.2, 0) is 0 Å². The summed E-state index contributed by atoms with van der Waals surface area (Å²) in [6, 6.07) is 2.20. The smallest absolute Gasteiger partial charge is 0.0871 e. The molecule has 0 amide bonds. The van der Waals surface area contributed by atoms with Crippen LogP contribution in [0.3, 0.4) is 0 Å². The lowest BCUT2D eigenvalue weighted by Crippen LogP contribution is -2.14. The third-order valence-electron chi connectivity index (χ3n) is 1.47. The van der Waals surface area contributed by atoms with Crippen molar-refractivity contribution in [3.63, 3.8) is 0 Å². The minimum Gasteiger partial charge on any atom is -0.371 e. The zero-order chi connectivity index (χ0) is 8.10. The van der Waals surface area contributed by atoms with Gasteiger partial charge in [-0.25, -0.2) is 0 Å². The predicted octanol–water partition coefficient (Wildman–Crippen LogP) is 2.57. The number of thiophene rings is 1. The Labute approximate surface area is 71.4 Å². The highest BCUT2D eigenvalue weighted by Crippen LogP contribution is 2.13. The van der Waals surface area contributed by atoms with Crippen molar-refractivity contribution in [1.29, 1.82) is 0 Å². The summed E-state index contributed by atoms with van der Waals surface area (Å²) in [5.74, 6) is 2.68. The number of hydrogen-bond acceptors (Lipinski definition) is 2. The molecule has 1 aromatic heterocycles. The fraction of sp³-hybridized carbons (Fsp3) is 0.333. The second-order valence-corrected chi connectivity index (χ2v) is 3.06. The summed E-state index contributed by atoms with van der Waals surface area (Å²) in [5, 5.41) is 7.32. The standard InChI is InChI=1S/C9H11NS/c1-3-8(4-2)10-9-5-6-11-7-9/h1,5-8,10H,4H2,2H3. The van der Waals surface area contributed by atoms with Crippen molar-refractivity contribution < 1.29 is 0 Å². The Kier molecular flexibility index (Phi) is 3.00. The molecule has 1 heterocycles. The van der Waals surface area contributed by atoms with E-state index in [9.17, 15) is 0 Å². The van der Waals surface area contributed by atoms with Crippen molar-refractivity contribution in [2.75, 3.05) is 5.32 Å². The molecule has 0 radical (unpaired) electrons. The Morgan fingerprint density at radius 1 is 1.82 bits per heavy atom. The molecule has 0 saturated carbocycles. The fourth-order valence-corrected chi connectivity index (χ4v) is 1.41. The van der Waals surface area contributed by atoms with E-state index in [1.807, 2.05) is 11.4 Å². The van der Waals surface area contributed by atoms with Gasteiger partial charge in [-0.1, -0.05) is 12.8 Å². The van der Waals surface area contributed by atoms with Gasteiger partial charge in [0.25, 0.3) is 0 Å². The number of hydrogen-bond donors (Lipinski definition) is 1. The fourth-order valence-electron chi connectivity index (χ4n) is 0.809. The molecule has 0 saturated heterocycles. The Hall–Kier alpha value is -0.940. The first-order valence-electron chi connectivity index (χ1n) is 3.61. The molecular weight excluding hydrogens is 154 g/mol. The summed E-state index contributed by atoms with van der Waals surface area (Å²) < 4.78 is 0. The maximum Gasteiger partial charge on any atom is 0.0871 e. The van der Waals surface area contributed by atoms with Gasteiger partial charge in [-0.15, -0.1) is 6.42 Å². The molecule has 1 unspecified atom stereocenters. The summed E-state index contributed by atoms with van der Waals surface area (Å²) in [6.07, 6.45) is 6.26. The van der Waals surface area contributed by atoms with Gasteiger partial charge in [-0.05, 0) is 17.9 Å². The van der Waals surface area contributed by atoms with E-state index in [-0.39, 0.29) is 6.04 Å². The van der Waals surface area contributed by atoms with Crippen molar-refractivity contribution >= 4 is 17.0 Å².